The molecule has 0 saturated heterocycles. The van der Waals surface area contributed by atoms with Crippen LogP contribution >= 0.6 is 0 Å². The zero-order chi connectivity index (χ0) is 24.5. The quantitative estimate of drug-likeness (QED) is 0.611. The first kappa shape index (κ1) is 24.2. The predicted molar refractivity (Wildman–Crippen MR) is 127 cm³/mol. The molecule has 33 heavy (non-hydrogen) atoms. The van der Waals surface area contributed by atoms with Gasteiger partial charge >= 0.3 is 5.97 Å². The van der Waals surface area contributed by atoms with Gasteiger partial charge in [-0.05, 0) is 40.2 Å². The summed E-state index contributed by atoms with van der Waals surface area (Å²) in [5.41, 5.74) is 2.96. The Hall–Kier alpha value is -3.41. The van der Waals surface area contributed by atoms with Gasteiger partial charge in [0.05, 0.1) is 18.0 Å². The maximum absolute atomic E-state index is 13.2. The molecule has 2 N–H and O–H groups in total. The minimum absolute atomic E-state index is 0.0576. The van der Waals surface area contributed by atoms with Gasteiger partial charge in [-0.25, -0.2) is 0 Å². The smallest absolute Gasteiger partial charge is 0.307 e. The number of aliphatic carboxylic acids is 1. The van der Waals surface area contributed by atoms with Gasteiger partial charge in [-0.15, -0.1) is 0 Å². The highest BCUT2D eigenvalue weighted by molar-refractivity contribution is 6.16. The molecule has 0 aromatic heterocycles. The van der Waals surface area contributed by atoms with Gasteiger partial charge in [-0.1, -0.05) is 71.0 Å². The normalized spacial score (nSPS) is 16.6. The third-order valence-corrected chi connectivity index (χ3v) is 5.76. The van der Waals surface area contributed by atoms with Crippen molar-refractivity contribution in [2.75, 3.05) is 4.90 Å². The molecule has 2 aromatic carbocycles. The fourth-order valence-corrected chi connectivity index (χ4v) is 4.07. The van der Waals surface area contributed by atoms with Crippen molar-refractivity contribution < 1.29 is 24.6 Å². The van der Waals surface area contributed by atoms with E-state index in [1.165, 1.54) is 4.90 Å². The number of nitrogens with zero attached hydrogens (tertiary/aromatic N) is 1. The van der Waals surface area contributed by atoms with Crippen LogP contribution in [0.5, 0.6) is 0 Å². The van der Waals surface area contributed by atoms with E-state index < -0.39 is 23.7 Å². The molecule has 3 rings (SSSR count). The molecular formula is C27H31NO5. The van der Waals surface area contributed by atoms with Crippen LogP contribution in [0.1, 0.15) is 63.8 Å². The summed E-state index contributed by atoms with van der Waals surface area (Å²) in [7, 11) is 0. The summed E-state index contributed by atoms with van der Waals surface area (Å²) in [6.07, 6.45) is 0.0855. The molecule has 0 radical (unpaired) electrons. The van der Waals surface area contributed by atoms with Crippen molar-refractivity contribution in [3.63, 3.8) is 0 Å². The van der Waals surface area contributed by atoms with Crippen LogP contribution in [-0.4, -0.2) is 27.9 Å². The lowest BCUT2D eigenvalue weighted by Crippen LogP contribution is -2.31. The summed E-state index contributed by atoms with van der Waals surface area (Å²) in [5.74, 6) is -2.30. The number of aliphatic hydroxyl groups is 1. The highest BCUT2D eigenvalue weighted by Crippen LogP contribution is 2.42. The number of carbonyl (C=O) groups excluding carboxylic acids is 2. The minimum Gasteiger partial charge on any atom is -0.503 e. The lowest BCUT2D eigenvalue weighted by Gasteiger charge is -2.28. The summed E-state index contributed by atoms with van der Waals surface area (Å²) in [6.45, 7) is 10.1. The molecule has 1 heterocycles. The van der Waals surface area contributed by atoms with Crippen molar-refractivity contribution >= 4 is 23.3 Å². The van der Waals surface area contributed by atoms with Gasteiger partial charge in [0.25, 0.3) is 5.91 Å². The van der Waals surface area contributed by atoms with Crippen molar-refractivity contribution in [3.05, 3.63) is 76.6 Å². The highest BCUT2D eigenvalue weighted by atomic mass is 16.4. The van der Waals surface area contributed by atoms with E-state index in [9.17, 15) is 19.5 Å². The Morgan fingerprint density at radius 2 is 1.58 bits per heavy atom. The van der Waals surface area contributed by atoms with E-state index >= 15 is 0 Å². The van der Waals surface area contributed by atoms with Crippen LogP contribution in [0, 0.1) is 5.92 Å². The lowest BCUT2D eigenvalue weighted by molar-refractivity contribution is -0.136. The van der Waals surface area contributed by atoms with E-state index in [0.29, 0.717) is 11.3 Å². The number of amides is 1. The number of anilines is 1. The van der Waals surface area contributed by atoms with Crippen molar-refractivity contribution in [1.82, 2.24) is 0 Å². The van der Waals surface area contributed by atoms with Crippen LogP contribution in [-0.2, 0) is 26.2 Å². The van der Waals surface area contributed by atoms with Gasteiger partial charge in [0, 0.05) is 12.1 Å². The monoisotopic (exact) mass is 449 g/mol. The molecule has 6 nitrogen and oxygen atoms in total. The average Bonchev–Trinajstić information content (AvgIpc) is 2.98. The number of hydrogen-bond donors (Lipinski definition) is 2. The van der Waals surface area contributed by atoms with E-state index in [1.807, 2.05) is 38.1 Å². The molecule has 0 fully saturated rings. The molecule has 0 aliphatic carbocycles. The van der Waals surface area contributed by atoms with E-state index in [-0.39, 0.29) is 35.5 Å². The SMILES string of the molecule is CC(C)CC(=O)C1=C(O)C(=O)N(c2ccc(CC(=O)O)cc2)C1c1ccc(C(C)(C)C)cc1. The number of ketones is 1. The Balaban J connectivity index is 2.09. The highest BCUT2D eigenvalue weighted by Gasteiger charge is 2.44. The summed E-state index contributed by atoms with van der Waals surface area (Å²) in [5, 5.41) is 19.8. The molecule has 0 saturated carbocycles. The van der Waals surface area contributed by atoms with Crippen LogP contribution < -0.4 is 4.90 Å². The first-order valence-electron chi connectivity index (χ1n) is 11.1. The number of carboxylic acid groups (broad SMARTS) is 1. The van der Waals surface area contributed by atoms with Gasteiger partial charge in [0.15, 0.2) is 11.5 Å². The van der Waals surface area contributed by atoms with Crippen LogP contribution in [0.3, 0.4) is 0 Å². The second kappa shape index (κ2) is 9.22. The maximum atomic E-state index is 13.2. The van der Waals surface area contributed by atoms with Crippen molar-refractivity contribution in [3.8, 4) is 0 Å². The third kappa shape index (κ3) is 5.16. The van der Waals surface area contributed by atoms with E-state index in [4.69, 9.17) is 5.11 Å². The van der Waals surface area contributed by atoms with Gasteiger partial charge < -0.3 is 10.2 Å². The number of carboxylic acids is 1. The summed E-state index contributed by atoms with van der Waals surface area (Å²) in [4.78, 5) is 38.7. The molecule has 1 amide bonds. The summed E-state index contributed by atoms with van der Waals surface area (Å²) in [6, 6.07) is 13.6. The zero-order valence-electron chi connectivity index (χ0n) is 19.8. The average molecular weight is 450 g/mol. The number of carbonyl (C=O) groups is 3. The van der Waals surface area contributed by atoms with Crippen LogP contribution in [0.15, 0.2) is 59.9 Å². The molecule has 0 bridgehead atoms. The van der Waals surface area contributed by atoms with Gasteiger partial charge in [-0.2, -0.15) is 0 Å². The number of hydrogen-bond acceptors (Lipinski definition) is 4. The number of aliphatic hydroxyl groups excluding tert-OH is 1. The predicted octanol–water partition coefficient (Wildman–Crippen LogP) is 5.13. The third-order valence-electron chi connectivity index (χ3n) is 5.76. The molecular weight excluding hydrogens is 418 g/mol. The molecule has 174 valence electrons. The Morgan fingerprint density at radius 3 is 2.06 bits per heavy atom. The van der Waals surface area contributed by atoms with Crippen LogP contribution in [0.4, 0.5) is 5.69 Å². The molecule has 1 unspecified atom stereocenters. The summed E-state index contributed by atoms with van der Waals surface area (Å²) >= 11 is 0. The van der Waals surface area contributed by atoms with Gasteiger partial charge in [0.1, 0.15) is 0 Å². The Labute approximate surface area is 194 Å². The number of Topliss-reactive ketones (excluding diaryl/α,β-unsaturated/α-hetero) is 1. The fourth-order valence-electron chi connectivity index (χ4n) is 4.07. The van der Waals surface area contributed by atoms with E-state index in [0.717, 1.165) is 11.1 Å². The standard InChI is InChI=1S/C27H31NO5/c1-16(2)14-21(29)23-24(18-8-10-19(11-9-18)27(3,4)5)28(26(33)25(23)32)20-12-6-17(7-13-20)15-22(30)31/h6-13,16,24,32H,14-15H2,1-5H3,(H,30,31). The molecule has 6 heteroatoms. The number of rotatable bonds is 7. The molecule has 0 spiro atoms. The van der Waals surface area contributed by atoms with E-state index in [1.54, 1.807) is 24.3 Å². The molecule has 1 atom stereocenters. The Bertz CT molecular complexity index is 1090. The first-order valence-corrected chi connectivity index (χ1v) is 11.1. The van der Waals surface area contributed by atoms with Crippen LogP contribution in [0.25, 0.3) is 0 Å². The summed E-state index contributed by atoms with van der Waals surface area (Å²) < 4.78 is 0. The minimum atomic E-state index is -0.947. The van der Waals surface area contributed by atoms with Gasteiger partial charge in [-0.3, -0.25) is 19.3 Å². The lowest BCUT2D eigenvalue weighted by atomic mass is 9.85. The Morgan fingerprint density at radius 1 is 1.00 bits per heavy atom. The number of benzene rings is 2. The second-order valence-electron chi connectivity index (χ2n) is 9.97. The first-order chi connectivity index (χ1) is 15.4. The fraction of sp³-hybridized carbons (Fsp3) is 0.370. The zero-order valence-corrected chi connectivity index (χ0v) is 19.8. The maximum Gasteiger partial charge on any atom is 0.307 e. The largest absolute Gasteiger partial charge is 0.503 e. The second-order valence-corrected chi connectivity index (χ2v) is 9.97. The van der Waals surface area contributed by atoms with Gasteiger partial charge in [0.2, 0.25) is 0 Å². The van der Waals surface area contributed by atoms with Crippen LogP contribution in [0.2, 0.25) is 0 Å². The van der Waals surface area contributed by atoms with Crippen molar-refractivity contribution in [2.24, 2.45) is 5.92 Å². The topological polar surface area (TPSA) is 94.9 Å². The Kier molecular flexibility index (Phi) is 6.77. The molecule has 1 aliphatic rings. The van der Waals surface area contributed by atoms with Crippen molar-refractivity contribution in [2.45, 2.75) is 58.9 Å². The van der Waals surface area contributed by atoms with E-state index in [2.05, 4.69) is 20.8 Å². The molecule has 2 aromatic rings. The molecule has 1 aliphatic heterocycles. The van der Waals surface area contributed by atoms with Crippen molar-refractivity contribution in [1.29, 1.82) is 0 Å².